The molecule has 6 heteroatoms. The molecule has 1 atom stereocenters. The van der Waals surface area contributed by atoms with Crippen molar-refractivity contribution < 1.29 is 12.8 Å². The van der Waals surface area contributed by atoms with Gasteiger partial charge in [0.05, 0.1) is 4.90 Å². The number of hydrogen-bond donors (Lipinski definition) is 1. The fourth-order valence-electron chi connectivity index (χ4n) is 2.63. The van der Waals surface area contributed by atoms with Crippen molar-refractivity contribution >= 4 is 10.0 Å². The van der Waals surface area contributed by atoms with Crippen LogP contribution < -0.4 is 5.32 Å². The van der Waals surface area contributed by atoms with Crippen LogP contribution in [0.5, 0.6) is 0 Å². The Bertz CT molecular complexity index is 770. The van der Waals surface area contributed by atoms with E-state index in [0.29, 0.717) is 24.5 Å². The fourth-order valence-corrected chi connectivity index (χ4v) is 4.09. The SMILES string of the molecule is CCN(CC)S(=O)(=O)c1ccc(C(C)NCc2ccc(F)cc2)cc1. The molecule has 0 heterocycles. The van der Waals surface area contributed by atoms with Crippen LogP contribution in [0.25, 0.3) is 0 Å². The molecule has 1 N–H and O–H groups in total. The summed E-state index contributed by atoms with van der Waals surface area (Å²) in [7, 11) is -3.43. The van der Waals surface area contributed by atoms with Gasteiger partial charge >= 0.3 is 0 Å². The summed E-state index contributed by atoms with van der Waals surface area (Å²) in [5.74, 6) is -0.248. The van der Waals surface area contributed by atoms with Gasteiger partial charge in [-0.25, -0.2) is 12.8 Å². The summed E-state index contributed by atoms with van der Waals surface area (Å²) < 4.78 is 39.3. The van der Waals surface area contributed by atoms with Crippen molar-refractivity contribution in [2.75, 3.05) is 13.1 Å². The second-order valence-electron chi connectivity index (χ2n) is 5.89. The minimum absolute atomic E-state index is 0.0512. The van der Waals surface area contributed by atoms with Gasteiger partial charge in [-0.05, 0) is 42.3 Å². The van der Waals surface area contributed by atoms with Gasteiger partial charge in [0.15, 0.2) is 0 Å². The molecular weight excluding hydrogens is 339 g/mol. The van der Waals surface area contributed by atoms with Crippen molar-refractivity contribution in [3.05, 3.63) is 65.5 Å². The van der Waals surface area contributed by atoms with Gasteiger partial charge in [-0.15, -0.1) is 0 Å². The highest BCUT2D eigenvalue weighted by molar-refractivity contribution is 7.89. The molecule has 0 saturated carbocycles. The largest absolute Gasteiger partial charge is 0.306 e. The third-order valence-electron chi connectivity index (χ3n) is 4.25. The molecule has 2 aromatic carbocycles. The van der Waals surface area contributed by atoms with Gasteiger partial charge in [0.1, 0.15) is 5.82 Å². The molecule has 25 heavy (non-hydrogen) atoms. The highest BCUT2D eigenvalue weighted by Gasteiger charge is 2.21. The molecule has 0 aromatic heterocycles. The topological polar surface area (TPSA) is 49.4 Å². The molecule has 2 rings (SSSR count). The molecule has 0 aliphatic carbocycles. The Morgan fingerprint density at radius 1 is 1.00 bits per heavy atom. The van der Waals surface area contributed by atoms with Crippen LogP contribution >= 0.6 is 0 Å². The van der Waals surface area contributed by atoms with E-state index >= 15 is 0 Å². The van der Waals surface area contributed by atoms with Crippen LogP contribution in [0.4, 0.5) is 4.39 Å². The maximum absolute atomic E-state index is 12.9. The maximum Gasteiger partial charge on any atom is 0.243 e. The van der Waals surface area contributed by atoms with Crippen LogP contribution in [-0.4, -0.2) is 25.8 Å². The van der Waals surface area contributed by atoms with E-state index < -0.39 is 10.0 Å². The van der Waals surface area contributed by atoms with Gasteiger partial charge in [-0.2, -0.15) is 4.31 Å². The summed E-state index contributed by atoms with van der Waals surface area (Å²) in [6.07, 6.45) is 0. The summed E-state index contributed by atoms with van der Waals surface area (Å²) in [5, 5.41) is 3.36. The molecule has 136 valence electrons. The van der Waals surface area contributed by atoms with Crippen molar-refractivity contribution in [2.45, 2.75) is 38.3 Å². The monoisotopic (exact) mass is 364 g/mol. The van der Waals surface area contributed by atoms with Crippen LogP contribution in [0, 0.1) is 5.82 Å². The normalized spacial score (nSPS) is 13.2. The number of nitrogens with zero attached hydrogens (tertiary/aromatic N) is 1. The van der Waals surface area contributed by atoms with Gasteiger partial charge in [-0.3, -0.25) is 0 Å². The summed E-state index contributed by atoms with van der Waals surface area (Å²) in [6, 6.07) is 13.4. The molecular formula is C19H25FN2O2S. The quantitative estimate of drug-likeness (QED) is 0.777. The first-order valence-electron chi connectivity index (χ1n) is 8.46. The van der Waals surface area contributed by atoms with E-state index in [9.17, 15) is 12.8 Å². The van der Waals surface area contributed by atoms with E-state index in [1.807, 2.05) is 32.9 Å². The summed E-state index contributed by atoms with van der Waals surface area (Å²) in [4.78, 5) is 0.311. The first kappa shape index (κ1) is 19.6. The zero-order chi connectivity index (χ0) is 18.4. The summed E-state index contributed by atoms with van der Waals surface area (Å²) in [5.41, 5.74) is 1.99. The molecule has 4 nitrogen and oxygen atoms in total. The Morgan fingerprint density at radius 2 is 1.56 bits per heavy atom. The van der Waals surface area contributed by atoms with Crippen LogP contribution in [0.3, 0.4) is 0 Å². The van der Waals surface area contributed by atoms with E-state index in [1.54, 1.807) is 24.3 Å². The van der Waals surface area contributed by atoms with E-state index in [4.69, 9.17) is 0 Å². The lowest BCUT2D eigenvalue weighted by molar-refractivity contribution is 0.445. The lowest BCUT2D eigenvalue weighted by Crippen LogP contribution is -2.30. The van der Waals surface area contributed by atoms with Gasteiger partial charge in [0.2, 0.25) is 10.0 Å². The van der Waals surface area contributed by atoms with Gasteiger partial charge in [0.25, 0.3) is 0 Å². The average molecular weight is 364 g/mol. The Morgan fingerprint density at radius 3 is 2.08 bits per heavy atom. The number of sulfonamides is 1. The van der Waals surface area contributed by atoms with Crippen molar-refractivity contribution in [2.24, 2.45) is 0 Å². The highest BCUT2D eigenvalue weighted by Crippen LogP contribution is 2.19. The van der Waals surface area contributed by atoms with Crippen LogP contribution in [0.1, 0.15) is 37.9 Å². The number of halogens is 1. The first-order valence-corrected chi connectivity index (χ1v) is 9.90. The molecule has 0 aliphatic heterocycles. The Kier molecular flexibility index (Phi) is 6.70. The third-order valence-corrected chi connectivity index (χ3v) is 6.31. The fraction of sp³-hybridized carbons (Fsp3) is 0.368. The second kappa shape index (κ2) is 8.56. The van der Waals surface area contributed by atoms with Crippen LogP contribution in [0.2, 0.25) is 0 Å². The molecule has 0 amide bonds. The number of hydrogen-bond acceptors (Lipinski definition) is 3. The van der Waals surface area contributed by atoms with E-state index in [-0.39, 0.29) is 11.9 Å². The lowest BCUT2D eigenvalue weighted by Gasteiger charge is -2.19. The van der Waals surface area contributed by atoms with Crippen molar-refractivity contribution in [1.82, 2.24) is 9.62 Å². The Balaban J connectivity index is 2.04. The van der Waals surface area contributed by atoms with E-state index in [2.05, 4.69) is 5.32 Å². The van der Waals surface area contributed by atoms with Crippen LogP contribution in [0.15, 0.2) is 53.4 Å². The molecule has 0 bridgehead atoms. The van der Waals surface area contributed by atoms with Gasteiger partial charge < -0.3 is 5.32 Å². The smallest absolute Gasteiger partial charge is 0.243 e. The molecule has 0 aliphatic rings. The second-order valence-corrected chi connectivity index (χ2v) is 7.83. The predicted octanol–water partition coefficient (Wildman–Crippen LogP) is 3.71. The van der Waals surface area contributed by atoms with Crippen molar-refractivity contribution in [3.63, 3.8) is 0 Å². The van der Waals surface area contributed by atoms with Gasteiger partial charge in [-0.1, -0.05) is 38.1 Å². The third kappa shape index (κ3) is 4.87. The molecule has 0 fully saturated rings. The zero-order valence-electron chi connectivity index (χ0n) is 14.9. The summed E-state index contributed by atoms with van der Waals surface area (Å²) >= 11 is 0. The maximum atomic E-state index is 12.9. The van der Waals surface area contributed by atoms with E-state index in [1.165, 1.54) is 16.4 Å². The first-order chi connectivity index (χ1) is 11.9. The average Bonchev–Trinajstić information content (AvgIpc) is 2.62. The number of benzene rings is 2. The van der Waals surface area contributed by atoms with Gasteiger partial charge in [0, 0.05) is 25.7 Å². The Hall–Kier alpha value is -1.76. The Labute approximate surface area is 149 Å². The molecule has 0 saturated heterocycles. The lowest BCUT2D eigenvalue weighted by atomic mass is 10.1. The molecule has 0 radical (unpaired) electrons. The summed E-state index contributed by atoms with van der Waals surface area (Å²) in [6.45, 7) is 7.19. The molecule has 2 aromatic rings. The van der Waals surface area contributed by atoms with Crippen molar-refractivity contribution in [3.8, 4) is 0 Å². The standard InChI is InChI=1S/C19H25FN2O2S/c1-4-22(5-2)25(23,24)19-12-8-17(9-13-19)15(3)21-14-16-6-10-18(20)11-7-16/h6-13,15,21H,4-5,14H2,1-3H3. The minimum Gasteiger partial charge on any atom is -0.306 e. The van der Waals surface area contributed by atoms with Crippen LogP contribution in [-0.2, 0) is 16.6 Å². The zero-order valence-corrected chi connectivity index (χ0v) is 15.7. The van der Waals surface area contributed by atoms with Crippen molar-refractivity contribution in [1.29, 1.82) is 0 Å². The minimum atomic E-state index is -3.43. The number of rotatable bonds is 8. The molecule has 0 spiro atoms. The number of nitrogens with one attached hydrogen (secondary N) is 1. The molecule has 1 unspecified atom stereocenters. The highest BCUT2D eigenvalue weighted by atomic mass is 32.2. The van der Waals surface area contributed by atoms with E-state index in [0.717, 1.165) is 11.1 Å². The predicted molar refractivity (Wildman–Crippen MR) is 98.2 cm³/mol.